The van der Waals surface area contributed by atoms with Gasteiger partial charge in [-0.3, -0.25) is 9.59 Å². The van der Waals surface area contributed by atoms with Gasteiger partial charge in [0, 0.05) is 6.92 Å². The zero-order chi connectivity index (χ0) is 12.3. The summed E-state index contributed by atoms with van der Waals surface area (Å²) in [6, 6.07) is -0.565. The van der Waals surface area contributed by atoms with Gasteiger partial charge in [0.1, 0.15) is 0 Å². The fraction of sp³-hybridized carbons (Fsp3) is 0.500. The summed E-state index contributed by atoms with van der Waals surface area (Å²) in [5, 5.41) is 3.00. The molecule has 1 aromatic heterocycles. The van der Waals surface area contributed by atoms with E-state index in [0.717, 1.165) is 11.3 Å². The molecule has 1 heterocycles. The molecule has 16 heavy (non-hydrogen) atoms. The lowest BCUT2D eigenvalue weighted by molar-refractivity contribution is -0.118. The Morgan fingerprint density at radius 2 is 2.12 bits per heavy atom. The van der Waals surface area contributed by atoms with Gasteiger partial charge in [-0.15, -0.1) is 0 Å². The molecular weight excluding hydrogens is 226 g/mol. The van der Waals surface area contributed by atoms with Crippen LogP contribution < -0.4 is 11.1 Å². The van der Waals surface area contributed by atoms with Crippen molar-refractivity contribution in [1.29, 1.82) is 0 Å². The van der Waals surface area contributed by atoms with E-state index in [9.17, 15) is 9.59 Å². The standard InChI is InChI=1S/C10H15N3O2S/c1-5(2)8(11)9(15)13-10-12-4-7(16-10)6(3)14/h4-5,8H,11H2,1-3H3,(H,12,13,15)/t8-/m0/s1. The van der Waals surface area contributed by atoms with Crippen molar-refractivity contribution >= 4 is 28.2 Å². The maximum absolute atomic E-state index is 11.6. The van der Waals surface area contributed by atoms with Crippen LogP contribution in [-0.2, 0) is 4.79 Å². The largest absolute Gasteiger partial charge is 0.320 e. The van der Waals surface area contributed by atoms with Crippen LogP contribution in [-0.4, -0.2) is 22.7 Å². The Kier molecular flexibility index (Phi) is 4.14. The lowest BCUT2D eigenvalue weighted by atomic mass is 10.1. The molecule has 0 aliphatic rings. The molecule has 1 atom stereocenters. The van der Waals surface area contributed by atoms with Crippen LogP contribution in [0.3, 0.4) is 0 Å². The first-order valence-corrected chi connectivity index (χ1v) is 5.76. The number of nitrogens with zero attached hydrogens (tertiary/aromatic N) is 1. The summed E-state index contributed by atoms with van der Waals surface area (Å²) in [7, 11) is 0. The molecule has 0 radical (unpaired) electrons. The molecule has 0 saturated heterocycles. The van der Waals surface area contributed by atoms with Crippen molar-refractivity contribution < 1.29 is 9.59 Å². The molecular formula is C10H15N3O2S. The Hall–Kier alpha value is -1.27. The summed E-state index contributed by atoms with van der Waals surface area (Å²) in [5.74, 6) is -0.280. The second-order valence-corrected chi connectivity index (χ2v) is 4.88. The van der Waals surface area contributed by atoms with Gasteiger partial charge in [0.05, 0.1) is 17.1 Å². The summed E-state index contributed by atoms with van der Waals surface area (Å²) < 4.78 is 0. The number of Topliss-reactive ketones (excluding diaryl/α,β-unsaturated/α-hetero) is 1. The summed E-state index contributed by atoms with van der Waals surface area (Å²) in [6.07, 6.45) is 1.45. The summed E-state index contributed by atoms with van der Waals surface area (Å²) in [5.41, 5.74) is 5.67. The molecule has 3 N–H and O–H groups in total. The lowest BCUT2D eigenvalue weighted by Crippen LogP contribution is -2.39. The molecule has 0 aliphatic heterocycles. The molecule has 6 heteroatoms. The predicted octanol–water partition coefficient (Wildman–Crippen LogP) is 1.27. The van der Waals surface area contributed by atoms with E-state index < -0.39 is 6.04 Å². The number of nitrogens with two attached hydrogens (primary N) is 1. The Balaban J connectivity index is 2.66. The number of rotatable bonds is 4. The first-order chi connectivity index (χ1) is 7.41. The SMILES string of the molecule is CC(=O)c1cnc(NC(=O)[C@@H](N)C(C)C)s1. The maximum Gasteiger partial charge on any atom is 0.243 e. The van der Waals surface area contributed by atoms with E-state index in [2.05, 4.69) is 10.3 Å². The number of thiazole rings is 1. The Morgan fingerprint density at radius 3 is 2.56 bits per heavy atom. The fourth-order valence-electron chi connectivity index (χ4n) is 0.986. The third-order valence-electron chi connectivity index (χ3n) is 2.10. The van der Waals surface area contributed by atoms with Gasteiger partial charge in [0.15, 0.2) is 10.9 Å². The van der Waals surface area contributed by atoms with Crippen molar-refractivity contribution in [2.75, 3.05) is 5.32 Å². The minimum atomic E-state index is -0.565. The maximum atomic E-state index is 11.6. The molecule has 5 nitrogen and oxygen atoms in total. The van der Waals surface area contributed by atoms with E-state index >= 15 is 0 Å². The van der Waals surface area contributed by atoms with Crippen LogP contribution in [0.4, 0.5) is 5.13 Å². The van der Waals surface area contributed by atoms with Crippen molar-refractivity contribution in [3.05, 3.63) is 11.1 Å². The van der Waals surface area contributed by atoms with Crippen LogP contribution in [0.15, 0.2) is 6.20 Å². The van der Waals surface area contributed by atoms with Crippen molar-refractivity contribution in [1.82, 2.24) is 4.98 Å². The van der Waals surface area contributed by atoms with Gasteiger partial charge in [-0.1, -0.05) is 25.2 Å². The smallest absolute Gasteiger partial charge is 0.243 e. The molecule has 0 bridgehead atoms. The molecule has 0 spiro atoms. The average molecular weight is 241 g/mol. The van der Waals surface area contributed by atoms with E-state index in [1.54, 1.807) is 0 Å². The zero-order valence-electron chi connectivity index (χ0n) is 9.48. The van der Waals surface area contributed by atoms with Crippen LogP contribution >= 0.6 is 11.3 Å². The van der Waals surface area contributed by atoms with E-state index in [-0.39, 0.29) is 17.6 Å². The number of hydrogen-bond donors (Lipinski definition) is 2. The van der Waals surface area contributed by atoms with Gasteiger partial charge in [0.2, 0.25) is 5.91 Å². The Bertz CT molecular complexity index is 401. The van der Waals surface area contributed by atoms with Crippen molar-refractivity contribution in [2.24, 2.45) is 11.7 Å². The minimum Gasteiger partial charge on any atom is -0.320 e. The Labute approximate surface area is 98.1 Å². The van der Waals surface area contributed by atoms with Crippen LogP contribution in [0.2, 0.25) is 0 Å². The number of carbonyl (C=O) groups excluding carboxylic acids is 2. The molecule has 0 unspecified atom stereocenters. The highest BCUT2D eigenvalue weighted by Gasteiger charge is 2.18. The molecule has 0 saturated carbocycles. The highest BCUT2D eigenvalue weighted by atomic mass is 32.1. The van der Waals surface area contributed by atoms with E-state index in [1.165, 1.54) is 13.1 Å². The minimum absolute atomic E-state index is 0.0623. The third kappa shape index (κ3) is 3.11. The number of amides is 1. The van der Waals surface area contributed by atoms with Gasteiger partial charge in [0.25, 0.3) is 0 Å². The fourth-order valence-corrected chi connectivity index (χ4v) is 1.70. The summed E-state index contributed by atoms with van der Waals surface area (Å²) in [6.45, 7) is 5.19. The Morgan fingerprint density at radius 1 is 1.50 bits per heavy atom. The molecule has 0 aromatic carbocycles. The second-order valence-electron chi connectivity index (χ2n) is 3.84. The second kappa shape index (κ2) is 5.18. The van der Waals surface area contributed by atoms with E-state index in [0.29, 0.717) is 10.0 Å². The average Bonchev–Trinajstić information content (AvgIpc) is 2.64. The van der Waals surface area contributed by atoms with Crippen LogP contribution in [0.25, 0.3) is 0 Å². The van der Waals surface area contributed by atoms with Gasteiger partial charge < -0.3 is 11.1 Å². The number of carbonyl (C=O) groups is 2. The quantitative estimate of drug-likeness (QED) is 0.777. The number of aromatic nitrogens is 1. The monoisotopic (exact) mass is 241 g/mol. The molecule has 0 fully saturated rings. The van der Waals surface area contributed by atoms with Crippen LogP contribution in [0.5, 0.6) is 0 Å². The zero-order valence-corrected chi connectivity index (χ0v) is 10.3. The number of nitrogens with one attached hydrogen (secondary N) is 1. The number of hydrogen-bond acceptors (Lipinski definition) is 5. The van der Waals surface area contributed by atoms with E-state index in [4.69, 9.17) is 5.73 Å². The van der Waals surface area contributed by atoms with E-state index in [1.807, 2.05) is 13.8 Å². The summed E-state index contributed by atoms with van der Waals surface area (Å²) >= 11 is 1.15. The first-order valence-electron chi connectivity index (χ1n) is 4.95. The van der Waals surface area contributed by atoms with Gasteiger partial charge in [-0.05, 0) is 5.92 Å². The first kappa shape index (κ1) is 12.8. The summed E-state index contributed by atoms with van der Waals surface area (Å²) in [4.78, 5) is 27.0. The molecule has 1 amide bonds. The van der Waals surface area contributed by atoms with Crippen molar-refractivity contribution in [3.8, 4) is 0 Å². The van der Waals surface area contributed by atoms with Crippen LogP contribution in [0.1, 0.15) is 30.4 Å². The number of ketones is 1. The molecule has 88 valence electrons. The highest BCUT2D eigenvalue weighted by molar-refractivity contribution is 7.17. The topological polar surface area (TPSA) is 85.1 Å². The lowest BCUT2D eigenvalue weighted by Gasteiger charge is -2.13. The van der Waals surface area contributed by atoms with Crippen molar-refractivity contribution in [3.63, 3.8) is 0 Å². The normalized spacial score (nSPS) is 12.6. The third-order valence-corrected chi connectivity index (χ3v) is 3.12. The van der Waals surface area contributed by atoms with Crippen LogP contribution in [0, 0.1) is 5.92 Å². The molecule has 1 rings (SSSR count). The predicted molar refractivity (Wildman–Crippen MR) is 63.6 cm³/mol. The number of anilines is 1. The van der Waals surface area contributed by atoms with Gasteiger partial charge >= 0.3 is 0 Å². The van der Waals surface area contributed by atoms with Gasteiger partial charge in [-0.2, -0.15) is 0 Å². The van der Waals surface area contributed by atoms with Crippen molar-refractivity contribution in [2.45, 2.75) is 26.8 Å². The molecule has 1 aromatic rings. The molecule has 0 aliphatic carbocycles. The highest BCUT2D eigenvalue weighted by Crippen LogP contribution is 2.18. The van der Waals surface area contributed by atoms with Gasteiger partial charge in [-0.25, -0.2) is 4.98 Å².